The van der Waals surface area contributed by atoms with E-state index in [1.807, 2.05) is 0 Å². The highest BCUT2D eigenvalue weighted by atomic mass is 32.2. The van der Waals surface area contributed by atoms with Crippen LogP contribution in [-0.4, -0.2) is 78.1 Å². The first-order chi connectivity index (χ1) is 25.7. The summed E-state index contributed by atoms with van der Waals surface area (Å²) >= 11 is 0. The number of Topliss-reactive ketones (excluding diaryl/α,β-unsaturated/α-hetero) is 2. The van der Waals surface area contributed by atoms with Gasteiger partial charge in [-0.05, 0) is 74.5 Å². The van der Waals surface area contributed by atoms with Crippen LogP contribution in [0, 0.1) is 11.8 Å². The fourth-order valence-corrected chi connectivity index (χ4v) is 9.00. The second kappa shape index (κ2) is 21.9. The Morgan fingerprint density at radius 1 is 0.870 bits per heavy atom. The number of nitrogens with one attached hydrogen (secondary N) is 1. The maximum Gasteiger partial charge on any atom is 0.227 e. The summed E-state index contributed by atoms with van der Waals surface area (Å²) in [5.74, 6) is -4.29. The number of hydrogen-bond donors (Lipinski definition) is 4. The average Bonchev–Trinajstić information content (AvgIpc) is 3.12. The molecule has 11 nitrogen and oxygen atoms in total. The SMILES string of the molecule is CCCCCCCCCCCCS(=O)(=O)C[C@@H](CCCCN)C(=O)N(C)[C@@H]1C(=O)C[C@@H](C)C(=O)N[C@H](C(C)=O)Cc2ccc(O)c(c2)-c2cc1ccc2O. The maximum absolute atomic E-state index is 14.4. The molecular formula is C42H63N3O8S. The molecule has 0 unspecified atom stereocenters. The first-order valence-electron chi connectivity index (χ1n) is 19.8. The van der Waals surface area contributed by atoms with E-state index in [2.05, 4.69) is 12.2 Å². The van der Waals surface area contributed by atoms with Gasteiger partial charge in [0.05, 0.1) is 23.5 Å². The summed E-state index contributed by atoms with van der Waals surface area (Å²) < 4.78 is 26.9. The lowest BCUT2D eigenvalue weighted by atomic mass is 9.89. The number of phenols is 2. The number of aromatic hydroxyl groups is 2. The number of carbonyl (C=O) groups is 4. The number of benzene rings is 2. The van der Waals surface area contributed by atoms with Crippen molar-refractivity contribution < 1.29 is 37.8 Å². The summed E-state index contributed by atoms with van der Waals surface area (Å²) in [6.07, 6.45) is 12.0. The summed E-state index contributed by atoms with van der Waals surface area (Å²) in [6, 6.07) is 6.97. The Bertz CT molecular complexity index is 1680. The van der Waals surface area contributed by atoms with Gasteiger partial charge in [-0.15, -0.1) is 0 Å². The Kier molecular flexibility index (Phi) is 18.1. The molecule has 1 aliphatic heterocycles. The Morgan fingerprint density at radius 2 is 1.46 bits per heavy atom. The van der Waals surface area contributed by atoms with E-state index in [0.717, 1.165) is 25.7 Å². The van der Waals surface area contributed by atoms with Crippen molar-refractivity contribution in [3.8, 4) is 22.6 Å². The number of nitrogens with two attached hydrogens (primary N) is 1. The molecule has 12 heteroatoms. The lowest BCUT2D eigenvalue weighted by molar-refractivity contribution is -0.142. The molecule has 4 atom stereocenters. The third kappa shape index (κ3) is 13.5. The standard InChI is InChI=1S/C42H63N3O8S/c1-5-6-7-8-9-10-11-12-13-16-23-54(52,53)28-33(17-14-15-22-43)42(51)45(4)40-32-19-21-38(48)35(27-32)34-25-31(18-20-37(34)47)26-36(30(3)46)44-41(50)29(2)24-39(40)49/h18-21,25,27,29,33,36,40,47-48H,5-17,22-24,26,28,43H2,1-4H3,(H,44,50)/t29-,33-,36+,40+/m1/s1. The van der Waals surface area contributed by atoms with E-state index in [0.29, 0.717) is 36.9 Å². The Balaban J connectivity index is 1.91. The molecule has 4 bridgehead atoms. The Morgan fingerprint density at radius 3 is 2.07 bits per heavy atom. The van der Waals surface area contributed by atoms with Gasteiger partial charge in [0.1, 0.15) is 17.5 Å². The number of sulfone groups is 1. The number of phenolic OH excluding ortho intramolecular Hbond substituents is 2. The summed E-state index contributed by atoms with van der Waals surface area (Å²) in [5, 5.41) is 24.6. The van der Waals surface area contributed by atoms with Crippen molar-refractivity contribution in [3.63, 3.8) is 0 Å². The number of nitrogens with zero attached hydrogens (tertiary/aromatic N) is 1. The van der Waals surface area contributed by atoms with Crippen LogP contribution >= 0.6 is 0 Å². The molecule has 300 valence electrons. The highest BCUT2D eigenvalue weighted by Gasteiger charge is 2.36. The number of amides is 2. The van der Waals surface area contributed by atoms with E-state index in [1.54, 1.807) is 19.1 Å². The Hall–Kier alpha value is -3.77. The molecule has 2 amide bonds. The smallest absolute Gasteiger partial charge is 0.227 e. The number of unbranched alkanes of at least 4 members (excludes halogenated alkanes) is 10. The quantitative estimate of drug-likeness (QED) is 0.108. The second-order valence-electron chi connectivity index (χ2n) is 15.2. The predicted molar refractivity (Wildman–Crippen MR) is 213 cm³/mol. The van der Waals surface area contributed by atoms with Gasteiger partial charge in [0.2, 0.25) is 11.8 Å². The molecule has 3 rings (SSSR count). The monoisotopic (exact) mass is 769 g/mol. The van der Waals surface area contributed by atoms with Crippen molar-refractivity contribution in [3.05, 3.63) is 47.5 Å². The number of hydrogen-bond acceptors (Lipinski definition) is 9. The largest absolute Gasteiger partial charge is 0.507 e. The van der Waals surface area contributed by atoms with Crippen LogP contribution in [0.5, 0.6) is 11.5 Å². The summed E-state index contributed by atoms with van der Waals surface area (Å²) in [7, 11) is -2.16. The normalized spacial score (nSPS) is 18.4. The molecule has 2 aromatic rings. The van der Waals surface area contributed by atoms with E-state index < -0.39 is 51.4 Å². The van der Waals surface area contributed by atoms with Crippen LogP contribution in [0.2, 0.25) is 0 Å². The third-order valence-corrected chi connectivity index (χ3v) is 12.4. The van der Waals surface area contributed by atoms with Crippen molar-refractivity contribution in [1.82, 2.24) is 10.2 Å². The van der Waals surface area contributed by atoms with Gasteiger partial charge in [0.25, 0.3) is 0 Å². The zero-order valence-electron chi connectivity index (χ0n) is 32.8. The summed E-state index contributed by atoms with van der Waals surface area (Å²) in [5.41, 5.74) is 7.14. The van der Waals surface area contributed by atoms with Gasteiger partial charge in [-0.2, -0.15) is 0 Å². The zero-order chi connectivity index (χ0) is 39.8. The molecule has 0 fully saturated rings. The molecule has 2 aromatic carbocycles. The number of rotatable bonds is 20. The molecule has 0 aromatic heterocycles. The second-order valence-corrected chi connectivity index (χ2v) is 17.4. The van der Waals surface area contributed by atoms with E-state index in [4.69, 9.17) is 5.73 Å². The van der Waals surface area contributed by atoms with Crippen molar-refractivity contribution in [2.75, 3.05) is 25.1 Å². The van der Waals surface area contributed by atoms with Gasteiger partial charge in [0.15, 0.2) is 21.4 Å². The van der Waals surface area contributed by atoms with Crippen molar-refractivity contribution in [2.45, 2.75) is 129 Å². The van der Waals surface area contributed by atoms with E-state index in [9.17, 15) is 37.8 Å². The van der Waals surface area contributed by atoms with Crippen molar-refractivity contribution >= 4 is 33.2 Å². The molecule has 0 radical (unpaired) electrons. The summed E-state index contributed by atoms with van der Waals surface area (Å²) in [6.45, 7) is 5.52. The molecule has 0 saturated heterocycles. The third-order valence-electron chi connectivity index (χ3n) is 10.5. The number of carbonyl (C=O) groups excluding carboxylic acids is 4. The molecule has 0 saturated carbocycles. The lowest BCUT2D eigenvalue weighted by Crippen LogP contribution is -2.45. The number of fused-ring (bicyclic) bond motifs is 5. The molecule has 1 heterocycles. The summed E-state index contributed by atoms with van der Waals surface area (Å²) in [4.78, 5) is 55.8. The predicted octanol–water partition coefficient (Wildman–Crippen LogP) is 6.57. The van der Waals surface area contributed by atoms with Crippen LogP contribution in [-0.2, 0) is 35.4 Å². The highest BCUT2D eigenvalue weighted by molar-refractivity contribution is 7.91. The molecule has 0 aliphatic carbocycles. The van der Waals surface area contributed by atoms with Crippen LogP contribution in [0.1, 0.15) is 128 Å². The molecule has 1 aliphatic rings. The zero-order valence-corrected chi connectivity index (χ0v) is 33.6. The van der Waals surface area contributed by atoms with Gasteiger partial charge in [-0.1, -0.05) is 90.2 Å². The van der Waals surface area contributed by atoms with Crippen LogP contribution in [0.25, 0.3) is 11.1 Å². The number of ketones is 2. The highest BCUT2D eigenvalue weighted by Crippen LogP contribution is 2.39. The topological polar surface area (TPSA) is 184 Å². The van der Waals surface area contributed by atoms with Crippen LogP contribution in [0.15, 0.2) is 36.4 Å². The maximum atomic E-state index is 14.4. The van der Waals surface area contributed by atoms with Gasteiger partial charge in [-0.25, -0.2) is 8.42 Å². The minimum atomic E-state index is -3.62. The molecular weight excluding hydrogens is 707 g/mol. The number of likely N-dealkylation sites (N-methyl/N-ethyl adjacent to an activating group) is 1. The average molecular weight is 770 g/mol. The van der Waals surface area contributed by atoms with Gasteiger partial charge in [0, 0.05) is 30.5 Å². The molecule has 54 heavy (non-hydrogen) atoms. The van der Waals surface area contributed by atoms with E-state index in [-0.39, 0.29) is 59.2 Å². The Labute approximate surface area is 322 Å². The van der Waals surface area contributed by atoms with Crippen molar-refractivity contribution in [2.24, 2.45) is 17.6 Å². The van der Waals surface area contributed by atoms with Crippen molar-refractivity contribution in [1.29, 1.82) is 0 Å². The fourth-order valence-electron chi connectivity index (χ4n) is 7.27. The van der Waals surface area contributed by atoms with Crippen LogP contribution in [0.3, 0.4) is 0 Å². The van der Waals surface area contributed by atoms with Crippen LogP contribution in [0.4, 0.5) is 0 Å². The fraction of sp³-hybridized carbons (Fsp3) is 0.619. The minimum Gasteiger partial charge on any atom is -0.507 e. The van der Waals surface area contributed by atoms with E-state index in [1.165, 1.54) is 75.2 Å². The minimum absolute atomic E-state index is 0.0198. The molecule has 5 N–H and O–H groups in total. The first kappa shape index (κ1) is 44.6. The van der Waals surface area contributed by atoms with Gasteiger partial charge in [-0.3, -0.25) is 19.2 Å². The van der Waals surface area contributed by atoms with Gasteiger partial charge >= 0.3 is 0 Å². The van der Waals surface area contributed by atoms with Crippen LogP contribution < -0.4 is 11.1 Å². The first-order valence-corrected chi connectivity index (χ1v) is 21.7. The van der Waals surface area contributed by atoms with E-state index >= 15 is 0 Å². The molecule has 0 spiro atoms. The van der Waals surface area contributed by atoms with Gasteiger partial charge < -0.3 is 26.2 Å². The lowest BCUT2D eigenvalue weighted by Gasteiger charge is -2.32.